The van der Waals surface area contributed by atoms with Crippen LogP contribution in [0.15, 0.2) is 24.3 Å². The number of aryl methyl sites for hydroxylation is 3. The SMILES string of the molecule is Cc1cc(F)cc(NC(CO)c2cc(C)sc2C)c1. The van der Waals surface area contributed by atoms with E-state index in [0.29, 0.717) is 5.69 Å². The largest absolute Gasteiger partial charge is 0.394 e. The molecule has 0 aliphatic heterocycles. The van der Waals surface area contributed by atoms with Gasteiger partial charge in [0.05, 0.1) is 12.6 Å². The van der Waals surface area contributed by atoms with E-state index < -0.39 is 0 Å². The van der Waals surface area contributed by atoms with Crippen LogP contribution in [0.25, 0.3) is 0 Å². The van der Waals surface area contributed by atoms with E-state index in [1.165, 1.54) is 21.9 Å². The molecule has 0 saturated heterocycles. The van der Waals surface area contributed by atoms with E-state index in [4.69, 9.17) is 0 Å². The number of thiophene rings is 1. The second-order valence-corrected chi connectivity index (χ2v) is 6.23. The molecule has 0 aliphatic rings. The number of nitrogens with one attached hydrogen (secondary N) is 1. The van der Waals surface area contributed by atoms with Crippen LogP contribution in [0, 0.1) is 26.6 Å². The molecule has 1 aromatic heterocycles. The zero-order valence-corrected chi connectivity index (χ0v) is 12.1. The Labute approximate surface area is 116 Å². The van der Waals surface area contributed by atoms with Crippen molar-refractivity contribution in [2.45, 2.75) is 26.8 Å². The smallest absolute Gasteiger partial charge is 0.125 e. The number of halogens is 1. The highest BCUT2D eigenvalue weighted by Crippen LogP contribution is 2.29. The van der Waals surface area contributed by atoms with Gasteiger partial charge in [-0.05, 0) is 56.2 Å². The van der Waals surface area contributed by atoms with Crippen molar-refractivity contribution in [2.75, 3.05) is 11.9 Å². The standard InChI is InChI=1S/C15H18FNOS/c1-9-4-12(16)7-13(5-9)17-15(8-18)14-6-10(2)19-11(14)3/h4-7,15,17-18H,8H2,1-3H3. The number of hydrogen-bond donors (Lipinski definition) is 2. The number of benzene rings is 1. The van der Waals surface area contributed by atoms with Crippen LogP contribution < -0.4 is 5.32 Å². The first-order chi connectivity index (χ1) is 8.99. The summed E-state index contributed by atoms with van der Waals surface area (Å²) in [6, 6.07) is 6.68. The first kappa shape index (κ1) is 14.0. The summed E-state index contributed by atoms with van der Waals surface area (Å²) in [4.78, 5) is 2.39. The Morgan fingerprint density at radius 1 is 1.21 bits per heavy atom. The van der Waals surface area contributed by atoms with Gasteiger partial charge in [-0.25, -0.2) is 4.39 Å². The van der Waals surface area contributed by atoms with Crippen LogP contribution in [0.3, 0.4) is 0 Å². The molecule has 19 heavy (non-hydrogen) atoms. The molecule has 4 heteroatoms. The van der Waals surface area contributed by atoms with Crippen LogP contribution in [-0.2, 0) is 0 Å². The first-order valence-electron chi connectivity index (χ1n) is 6.21. The van der Waals surface area contributed by atoms with Crippen molar-refractivity contribution >= 4 is 17.0 Å². The highest BCUT2D eigenvalue weighted by molar-refractivity contribution is 7.12. The van der Waals surface area contributed by atoms with Gasteiger partial charge >= 0.3 is 0 Å². The van der Waals surface area contributed by atoms with Gasteiger partial charge in [0.25, 0.3) is 0 Å². The lowest BCUT2D eigenvalue weighted by Gasteiger charge is -2.18. The predicted molar refractivity (Wildman–Crippen MR) is 78.4 cm³/mol. The van der Waals surface area contributed by atoms with Gasteiger partial charge in [-0.2, -0.15) is 0 Å². The fourth-order valence-corrected chi connectivity index (χ4v) is 3.23. The average molecular weight is 279 g/mol. The second kappa shape index (κ2) is 5.72. The molecule has 1 atom stereocenters. The number of aliphatic hydroxyl groups is 1. The molecule has 0 saturated carbocycles. The Morgan fingerprint density at radius 2 is 1.95 bits per heavy atom. The summed E-state index contributed by atoms with van der Waals surface area (Å²) in [6.45, 7) is 5.91. The molecule has 0 amide bonds. The van der Waals surface area contributed by atoms with Crippen LogP contribution in [-0.4, -0.2) is 11.7 Å². The minimum atomic E-state index is -0.266. The van der Waals surface area contributed by atoms with Gasteiger partial charge < -0.3 is 10.4 Å². The molecular weight excluding hydrogens is 261 g/mol. The van der Waals surface area contributed by atoms with Gasteiger partial charge in [0.15, 0.2) is 0 Å². The molecular formula is C15H18FNOS. The van der Waals surface area contributed by atoms with Crippen molar-refractivity contribution in [2.24, 2.45) is 0 Å². The first-order valence-corrected chi connectivity index (χ1v) is 7.02. The predicted octanol–water partition coefficient (Wildman–Crippen LogP) is 3.96. The molecule has 1 aromatic carbocycles. The van der Waals surface area contributed by atoms with Crippen LogP contribution in [0.5, 0.6) is 0 Å². The Kier molecular flexibility index (Phi) is 4.22. The van der Waals surface area contributed by atoms with Gasteiger partial charge in [0.1, 0.15) is 5.82 Å². The van der Waals surface area contributed by atoms with E-state index in [9.17, 15) is 9.50 Å². The normalized spacial score (nSPS) is 12.5. The van der Waals surface area contributed by atoms with E-state index in [1.54, 1.807) is 11.3 Å². The molecule has 0 aliphatic carbocycles. The van der Waals surface area contributed by atoms with Crippen LogP contribution >= 0.6 is 11.3 Å². The summed E-state index contributed by atoms with van der Waals surface area (Å²) in [5, 5.41) is 12.8. The number of hydrogen-bond acceptors (Lipinski definition) is 3. The van der Waals surface area contributed by atoms with E-state index in [1.807, 2.05) is 26.8 Å². The lowest BCUT2D eigenvalue weighted by molar-refractivity contribution is 0.276. The highest BCUT2D eigenvalue weighted by Gasteiger charge is 2.15. The zero-order chi connectivity index (χ0) is 14.0. The fourth-order valence-electron chi connectivity index (χ4n) is 2.24. The maximum absolute atomic E-state index is 13.4. The summed E-state index contributed by atoms with van der Waals surface area (Å²) >= 11 is 1.70. The molecule has 0 fully saturated rings. The molecule has 1 unspecified atom stereocenters. The quantitative estimate of drug-likeness (QED) is 0.888. The van der Waals surface area contributed by atoms with Crippen molar-refractivity contribution in [3.8, 4) is 0 Å². The molecule has 1 heterocycles. The summed E-state index contributed by atoms with van der Waals surface area (Å²) in [7, 11) is 0. The van der Waals surface area contributed by atoms with Gasteiger partial charge in [0.2, 0.25) is 0 Å². The molecule has 102 valence electrons. The van der Waals surface area contributed by atoms with Crippen LogP contribution in [0.1, 0.15) is 26.9 Å². The van der Waals surface area contributed by atoms with Gasteiger partial charge in [-0.15, -0.1) is 11.3 Å². The zero-order valence-electron chi connectivity index (χ0n) is 11.3. The van der Waals surface area contributed by atoms with E-state index in [-0.39, 0.29) is 18.5 Å². The molecule has 2 rings (SSSR count). The van der Waals surface area contributed by atoms with Crippen molar-refractivity contribution < 1.29 is 9.50 Å². The lowest BCUT2D eigenvalue weighted by Crippen LogP contribution is -2.15. The van der Waals surface area contributed by atoms with E-state index >= 15 is 0 Å². The van der Waals surface area contributed by atoms with E-state index in [0.717, 1.165) is 11.1 Å². The fraction of sp³-hybridized carbons (Fsp3) is 0.333. The third-order valence-electron chi connectivity index (χ3n) is 3.02. The Balaban J connectivity index is 2.26. The Bertz CT molecular complexity index is 559. The maximum Gasteiger partial charge on any atom is 0.125 e. The highest BCUT2D eigenvalue weighted by atomic mass is 32.1. The summed E-state index contributed by atoms with van der Waals surface area (Å²) in [5.41, 5.74) is 2.63. The summed E-state index contributed by atoms with van der Waals surface area (Å²) < 4.78 is 13.4. The molecule has 2 N–H and O–H groups in total. The number of anilines is 1. The maximum atomic E-state index is 13.4. The van der Waals surface area contributed by atoms with Gasteiger partial charge in [-0.3, -0.25) is 0 Å². The van der Waals surface area contributed by atoms with Crippen molar-refractivity contribution in [1.29, 1.82) is 0 Å². The van der Waals surface area contributed by atoms with E-state index in [2.05, 4.69) is 11.4 Å². The van der Waals surface area contributed by atoms with Crippen molar-refractivity contribution in [1.82, 2.24) is 0 Å². The molecule has 2 aromatic rings. The summed E-state index contributed by atoms with van der Waals surface area (Å²) in [6.07, 6.45) is 0. The van der Waals surface area contributed by atoms with Crippen molar-refractivity contribution in [3.63, 3.8) is 0 Å². The Hall–Kier alpha value is -1.39. The molecule has 0 radical (unpaired) electrons. The second-order valence-electron chi connectivity index (χ2n) is 4.77. The van der Waals surface area contributed by atoms with Crippen LogP contribution in [0.4, 0.5) is 10.1 Å². The molecule has 2 nitrogen and oxygen atoms in total. The van der Waals surface area contributed by atoms with Gasteiger partial charge in [0, 0.05) is 15.4 Å². The van der Waals surface area contributed by atoms with Crippen molar-refractivity contribution in [3.05, 3.63) is 51.0 Å². The minimum Gasteiger partial charge on any atom is -0.394 e. The molecule has 0 spiro atoms. The van der Waals surface area contributed by atoms with Crippen LogP contribution in [0.2, 0.25) is 0 Å². The topological polar surface area (TPSA) is 32.3 Å². The third-order valence-corrected chi connectivity index (χ3v) is 4.00. The number of rotatable bonds is 4. The average Bonchev–Trinajstić information content (AvgIpc) is 2.64. The summed E-state index contributed by atoms with van der Waals surface area (Å²) in [5.74, 6) is -0.266. The number of aliphatic hydroxyl groups excluding tert-OH is 1. The Morgan fingerprint density at radius 3 is 2.47 bits per heavy atom. The lowest BCUT2D eigenvalue weighted by atomic mass is 10.1. The van der Waals surface area contributed by atoms with Gasteiger partial charge in [-0.1, -0.05) is 0 Å². The molecule has 0 bridgehead atoms. The third kappa shape index (κ3) is 3.33. The monoisotopic (exact) mass is 279 g/mol. The minimum absolute atomic E-state index is 0.0213.